The van der Waals surface area contributed by atoms with Crippen LogP contribution in [0.2, 0.25) is 0 Å². The molecule has 1 aliphatic heterocycles. The van der Waals surface area contributed by atoms with Crippen LogP contribution in [0.4, 0.5) is 27.5 Å². The highest BCUT2D eigenvalue weighted by Gasteiger charge is 2.37. The Morgan fingerprint density at radius 3 is 2.39 bits per heavy atom. The smallest absolute Gasteiger partial charge is 0.254 e. The molecule has 28 heavy (non-hydrogen) atoms. The number of amides is 1. The Morgan fingerprint density at radius 1 is 1.04 bits per heavy atom. The number of hydrogen-bond donors (Lipinski definition) is 1. The average molecular weight is 377 g/mol. The highest BCUT2D eigenvalue weighted by molar-refractivity contribution is 6.04. The molecule has 1 amide bonds. The summed E-state index contributed by atoms with van der Waals surface area (Å²) < 4.78 is 13.3. The maximum Gasteiger partial charge on any atom is 0.254 e. The number of fused-ring (bicyclic) bond motifs is 1. The Balaban J connectivity index is 1.70. The molecule has 0 fully saturated rings. The van der Waals surface area contributed by atoms with Gasteiger partial charge in [-0.15, -0.1) is 0 Å². The first-order valence-corrected chi connectivity index (χ1v) is 8.90. The Hall–Kier alpha value is -3.48. The van der Waals surface area contributed by atoms with Gasteiger partial charge in [-0.1, -0.05) is 29.8 Å². The van der Waals surface area contributed by atoms with Crippen LogP contribution in [0, 0.1) is 12.7 Å². The van der Waals surface area contributed by atoms with Gasteiger partial charge in [0.05, 0.1) is 6.20 Å². The normalized spacial score (nSPS) is 16.1. The van der Waals surface area contributed by atoms with Crippen molar-refractivity contribution < 1.29 is 9.18 Å². The molecule has 1 N–H and O–H groups in total. The summed E-state index contributed by atoms with van der Waals surface area (Å²) in [5.74, 6) is 0.607. The summed E-state index contributed by atoms with van der Waals surface area (Å²) in [6, 6.07) is 13.3. The van der Waals surface area contributed by atoms with Crippen LogP contribution in [0.25, 0.3) is 0 Å². The number of benzene rings is 2. The van der Waals surface area contributed by atoms with Crippen molar-refractivity contribution in [3.05, 3.63) is 71.7 Å². The minimum Gasteiger partial charge on any atom is -0.342 e. The molecule has 1 aliphatic rings. The monoisotopic (exact) mass is 377 g/mol. The minimum atomic E-state index is -0.583. The molecular weight excluding hydrogens is 357 g/mol. The van der Waals surface area contributed by atoms with Gasteiger partial charge in [-0.3, -0.25) is 4.79 Å². The highest BCUT2D eigenvalue weighted by Crippen LogP contribution is 2.39. The number of hydrogen-bond acceptors (Lipinski definition) is 5. The SMILES string of the molecule is Cc1ccc(Nc2ncc3c(n2)N(C)C(c2ccc(F)cc2)C(=O)N3C)cc1. The summed E-state index contributed by atoms with van der Waals surface area (Å²) in [5, 5.41) is 3.19. The number of aryl methyl sites for hydroxylation is 1. The fourth-order valence-electron chi connectivity index (χ4n) is 3.29. The van der Waals surface area contributed by atoms with E-state index in [4.69, 9.17) is 0 Å². The topological polar surface area (TPSA) is 61.4 Å². The van der Waals surface area contributed by atoms with Gasteiger partial charge in [-0.2, -0.15) is 4.98 Å². The van der Waals surface area contributed by atoms with E-state index in [2.05, 4.69) is 15.3 Å². The van der Waals surface area contributed by atoms with Gasteiger partial charge in [0, 0.05) is 19.8 Å². The second-order valence-electron chi connectivity index (χ2n) is 6.86. The number of nitrogens with zero attached hydrogens (tertiary/aromatic N) is 4. The molecule has 0 saturated heterocycles. The van der Waals surface area contributed by atoms with Crippen LogP contribution >= 0.6 is 0 Å². The summed E-state index contributed by atoms with van der Waals surface area (Å²) in [6.07, 6.45) is 1.63. The van der Waals surface area contributed by atoms with Gasteiger partial charge >= 0.3 is 0 Å². The maximum atomic E-state index is 13.3. The molecule has 3 aromatic rings. The Morgan fingerprint density at radius 2 is 1.71 bits per heavy atom. The van der Waals surface area contributed by atoms with Gasteiger partial charge in [-0.05, 0) is 36.8 Å². The quantitative estimate of drug-likeness (QED) is 0.752. The van der Waals surface area contributed by atoms with Crippen molar-refractivity contribution in [2.75, 3.05) is 29.2 Å². The predicted molar refractivity (Wildman–Crippen MR) is 107 cm³/mol. The maximum absolute atomic E-state index is 13.3. The zero-order valence-electron chi connectivity index (χ0n) is 15.8. The van der Waals surface area contributed by atoms with Crippen molar-refractivity contribution in [1.29, 1.82) is 0 Å². The summed E-state index contributed by atoms with van der Waals surface area (Å²) in [6.45, 7) is 2.02. The lowest BCUT2D eigenvalue weighted by atomic mass is 10.0. The number of likely N-dealkylation sites (N-methyl/N-ethyl adjacent to an activating group) is 2. The molecule has 1 atom stereocenters. The largest absolute Gasteiger partial charge is 0.342 e. The summed E-state index contributed by atoms with van der Waals surface area (Å²) in [5.41, 5.74) is 3.38. The molecule has 1 unspecified atom stereocenters. The Labute approximate surface area is 162 Å². The first-order valence-electron chi connectivity index (χ1n) is 8.90. The number of halogens is 1. The van der Waals surface area contributed by atoms with Crippen LogP contribution in [-0.4, -0.2) is 30.0 Å². The first kappa shape index (κ1) is 17.9. The number of carbonyl (C=O) groups excluding carboxylic acids is 1. The van der Waals surface area contributed by atoms with Crippen molar-refractivity contribution in [3.63, 3.8) is 0 Å². The molecular formula is C21H20FN5O. The van der Waals surface area contributed by atoms with Crippen molar-refractivity contribution in [2.45, 2.75) is 13.0 Å². The third-order valence-corrected chi connectivity index (χ3v) is 4.89. The number of nitrogens with one attached hydrogen (secondary N) is 1. The zero-order chi connectivity index (χ0) is 19.8. The molecule has 7 heteroatoms. The van der Waals surface area contributed by atoms with Crippen molar-refractivity contribution >= 4 is 29.0 Å². The molecule has 0 radical (unpaired) electrons. The van der Waals surface area contributed by atoms with Crippen molar-refractivity contribution in [3.8, 4) is 0 Å². The Bertz CT molecular complexity index is 1020. The van der Waals surface area contributed by atoms with Crippen LogP contribution in [0.5, 0.6) is 0 Å². The number of aromatic nitrogens is 2. The van der Waals surface area contributed by atoms with E-state index in [1.807, 2.05) is 31.2 Å². The van der Waals surface area contributed by atoms with E-state index >= 15 is 0 Å². The number of rotatable bonds is 3. The van der Waals surface area contributed by atoms with Crippen molar-refractivity contribution in [2.24, 2.45) is 0 Å². The van der Waals surface area contributed by atoms with Gasteiger partial charge in [0.25, 0.3) is 5.91 Å². The van der Waals surface area contributed by atoms with E-state index in [1.54, 1.807) is 42.2 Å². The summed E-state index contributed by atoms with van der Waals surface area (Å²) >= 11 is 0. The molecule has 4 rings (SSSR count). The van der Waals surface area contributed by atoms with Gasteiger partial charge in [-0.25, -0.2) is 9.37 Å². The van der Waals surface area contributed by atoms with Crippen LogP contribution < -0.4 is 15.1 Å². The molecule has 0 spiro atoms. The number of carbonyl (C=O) groups is 1. The van der Waals surface area contributed by atoms with E-state index in [-0.39, 0.29) is 11.7 Å². The molecule has 6 nitrogen and oxygen atoms in total. The second-order valence-corrected chi connectivity index (χ2v) is 6.86. The van der Waals surface area contributed by atoms with E-state index in [1.165, 1.54) is 17.7 Å². The summed E-state index contributed by atoms with van der Waals surface area (Å²) in [7, 11) is 3.50. The van der Waals surface area contributed by atoms with Crippen LogP contribution in [0.1, 0.15) is 17.2 Å². The summed E-state index contributed by atoms with van der Waals surface area (Å²) in [4.78, 5) is 25.2. The van der Waals surface area contributed by atoms with Gasteiger partial charge in [0.2, 0.25) is 5.95 Å². The third kappa shape index (κ3) is 3.15. The van der Waals surface area contributed by atoms with Gasteiger partial charge < -0.3 is 15.1 Å². The molecule has 0 aliphatic carbocycles. The highest BCUT2D eigenvalue weighted by atomic mass is 19.1. The van der Waals surface area contributed by atoms with Crippen LogP contribution in [0.3, 0.4) is 0 Å². The minimum absolute atomic E-state index is 0.121. The molecule has 1 aromatic heterocycles. The fraction of sp³-hybridized carbons (Fsp3) is 0.190. The predicted octanol–water partition coefficient (Wildman–Crippen LogP) is 3.82. The molecule has 2 heterocycles. The van der Waals surface area contributed by atoms with Crippen LogP contribution in [-0.2, 0) is 4.79 Å². The lowest BCUT2D eigenvalue weighted by molar-refractivity contribution is -0.120. The number of anilines is 4. The van der Waals surface area contributed by atoms with Gasteiger partial charge in [0.15, 0.2) is 5.82 Å². The molecule has 0 saturated carbocycles. The second kappa shape index (κ2) is 6.92. The first-order chi connectivity index (χ1) is 13.4. The molecule has 2 aromatic carbocycles. The van der Waals surface area contributed by atoms with E-state index in [0.717, 1.165) is 5.69 Å². The van der Waals surface area contributed by atoms with E-state index in [0.29, 0.717) is 23.0 Å². The average Bonchev–Trinajstić information content (AvgIpc) is 2.69. The fourth-order valence-corrected chi connectivity index (χ4v) is 3.29. The van der Waals surface area contributed by atoms with E-state index in [9.17, 15) is 9.18 Å². The lowest BCUT2D eigenvalue weighted by Crippen LogP contribution is -2.45. The molecule has 142 valence electrons. The zero-order valence-corrected chi connectivity index (χ0v) is 15.8. The standard InChI is InChI=1S/C21H20FN5O/c1-13-4-10-16(11-5-13)24-21-23-12-17-19(25-21)27(3)18(20(28)26(17)2)14-6-8-15(22)9-7-14/h4-12,18H,1-3H3,(H,23,24,25). The third-order valence-electron chi connectivity index (χ3n) is 4.89. The van der Waals surface area contributed by atoms with Crippen LogP contribution in [0.15, 0.2) is 54.7 Å². The molecule has 0 bridgehead atoms. The van der Waals surface area contributed by atoms with E-state index < -0.39 is 6.04 Å². The van der Waals surface area contributed by atoms with Crippen molar-refractivity contribution in [1.82, 2.24) is 9.97 Å². The van der Waals surface area contributed by atoms with Gasteiger partial charge in [0.1, 0.15) is 17.5 Å². The Kier molecular flexibility index (Phi) is 4.43. The lowest BCUT2D eigenvalue weighted by Gasteiger charge is -2.38.